The van der Waals surface area contributed by atoms with Gasteiger partial charge in [-0.2, -0.15) is 0 Å². The molecule has 0 aliphatic carbocycles. The molecule has 0 bridgehead atoms. The van der Waals surface area contributed by atoms with Crippen molar-refractivity contribution < 1.29 is 19.8 Å². The topological polar surface area (TPSA) is 77.8 Å². The van der Waals surface area contributed by atoms with E-state index in [2.05, 4.69) is 0 Å². The molecule has 1 amide bonds. The number of ketones is 1. The third-order valence-corrected chi connectivity index (χ3v) is 4.25. The average Bonchev–Trinajstić information content (AvgIpc) is 2.93. The first kappa shape index (κ1) is 17.6. The van der Waals surface area contributed by atoms with Crippen LogP contribution in [0.25, 0.3) is 6.08 Å². The molecule has 5 heteroatoms. The summed E-state index contributed by atoms with van der Waals surface area (Å²) in [6.45, 7) is -0.231. The Hall–Kier alpha value is -3.18. The van der Waals surface area contributed by atoms with Gasteiger partial charge in [0, 0.05) is 6.54 Å². The SMILES string of the molecule is O=C(/C=C/c1ccccc1)C1=C(O)C(=O)N(CCO)C1c1ccccc1. The van der Waals surface area contributed by atoms with E-state index in [1.165, 1.54) is 11.0 Å². The lowest BCUT2D eigenvalue weighted by Gasteiger charge is -2.25. The molecule has 0 spiro atoms. The summed E-state index contributed by atoms with van der Waals surface area (Å²) in [6, 6.07) is 17.6. The Bertz CT molecular complexity index is 856. The largest absolute Gasteiger partial charge is 0.503 e. The van der Waals surface area contributed by atoms with E-state index in [-0.39, 0.29) is 18.7 Å². The molecule has 0 saturated heterocycles. The van der Waals surface area contributed by atoms with E-state index in [4.69, 9.17) is 0 Å². The fourth-order valence-corrected chi connectivity index (χ4v) is 3.05. The van der Waals surface area contributed by atoms with Gasteiger partial charge < -0.3 is 15.1 Å². The van der Waals surface area contributed by atoms with Crippen LogP contribution in [-0.4, -0.2) is 40.0 Å². The van der Waals surface area contributed by atoms with E-state index < -0.39 is 23.5 Å². The minimum atomic E-state index is -0.719. The van der Waals surface area contributed by atoms with Crippen molar-refractivity contribution in [2.45, 2.75) is 6.04 Å². The minimum absolute atomic E-state index is 0.0294. The van der Waals surface area contributed by atoms with E-state index in [0.29, 0.717) is 5.56 Å². The second-order valence-corrected chi connectivity index (χ2v) is 5.91. The summed E-state index contributed by atoms with van der Waals surface area (Å²) in [7, 11) is 0. The lowest BCUT2D eigenvalue weighted by Crippen LogP contribution is -2.33. The third-order valence-electron chi connectivity index (χ3n) is 4.25. The van der Waals surface area contributed by atoms with Gasteiger partial charge in [-0.3, -0.25) is 9.59 Å². The number of hydrogen-bond donors (Lipinski definition) is 2. The molecule has 1 unspecified atom stereocenters. The monoisotopic (exact) mass is 349 g/mol. The lowest BCUT2D eigenvalue weighted by molar-refractivity contribution is -0.129. The molecular weight excluding hydrogens is 330 g/mol. The summed E-state index contributed by atoms with van der Waals surface area (Å²) >= 11 is 0. The maximum Gasteiger partial charge on any atom is 0.290 e. The molecule has 0 radical (unpaired) electrons. The van der Waals surface area contributed by atoms with Gasteiger partial charge in [0.15, 0.2) is 11.5 Å². The number of amides is 1. The Morgan fingerprint density at radius 3 is 2.27 bits per heavy atom. The first-order valence-corrected chi connectivity index (χ1v) is 8.31. The molecule has 1 atom stereocenters. The van der Waals surface area contributed by atoms with Crippen LogP contribution in [0.2, 0.25) is 0 Å². The van der Waals surface area contributed by atoms with Crippen molar-refractivity contribution in [3.05, 3.63) is 89.2 Å². The van der Waals surface area contributed by atoms with Gasteiger partial charge in [-0.15, -0.1) is 0 Å². The van der Waals surface area contributed by atoms with Crippen LogP contribution in [0.1, 0.15) is 17.2 Å². The van der Waals surface area contributed by atoms with Gasteiger partial charge in [-0.1, -0.05) is 66.7 Å². The van der Waals surface area contributed by atoms with Crippen molar-refractivity contribution in [1.82, 2.24) is 4.90 Å². The van der Waals surface area contributed by atoms with Gasteiger partial charge in [0.05, 0.1) is 18.2 Å². The van der Waals surface area contributed by atoms with Crippen LogP contribution in [-0.2, 0) is 9.59 Å². The summed E-state index contributed by atoms with van der Waals surface area (Å²) < 4.78 is 0. The van der Waals surface area contributed by atoms with Gasteiger partial charge >= 0.3 is 0 Å². The number of β-amino-alcohol motifs (C(OH)–C–C–N with tert-alkyl or cyclic N) is 1. The molecule has 2 N–H and O–H groups in total. The van der Waals surface area contributed by atoms with Gasteiger partial charge in [-0.05, 0) is 17.2 Å². The number of nitrogens with zero attached hydrogens (tertiary/aromatic N) is 1. The molecule has 0 aromatic heterocycles. The molecule has 5 nitrogen and oxygen atoms in total. The van der Waals surface area contributed by atoms with Crippen LogP contribution in [0.4, 0.5) is 0 Å². The highest BCUT2D eigenvalue weighted by Gasteiger charge is 2.42. The number of hydrogen-bond acceptors (Lipinski definition) is 4. The highest BCUT2D eigenvalue weighted by Crippen LogP contribution is 2.37. The highest BCUT2D eigenvalue weighted by molar-refractivity contribution is 6.14. The molecule has 3 rings (SSSR count). The van der Waals surface area contributed by atoms with Crippen LogP contribution >= 0.6 is 0 Å². The predicted molar refractivity (Wildman–Crippen MR) is 98.1 cm³/mol. The first-order valence-electron chi connectivity index (χ1n) is 8.31. The number of rotatable bonds is 6. The minimum Gasteiger partial charge on any atom is -0.503 e. The summed E-state index contributed by atoms with van der Waals surface area (Å²) in [6.07, 6.45) is 3.00. The van der Waals surface area contributed by atoms with Crippen molar-refractivity contribution >= 4 is 17.8 Å². The van der Waals surface area contributed by atoms with Crippen molar-refractivity contribution in [2.75, 3.05) is 13.2 Å². The number of benzene rings is 2. The van der Waals surface area contributed by atoms with Gasteiger partial charge in [0.25, 0.3) is 5.91 Å². The highest BCUT2D eigenvalue weighted by atomic mass is 16.3. The Balaban J connectivity index is 1.97. The predicted octanol–water partition coefficient (Wildman–Crippen LogP) is 2.66. The molecule has 2 aromatic rings. The molecule has 1 aliphatic heterocycles. The lowest BCUT2D eigenvalue weighted by atomic mass is 9.95. The fourth-order valence-electron chi connectivity index (χ4n) is 3.05. The summed E-state index contributed by atoms with van der Waals surface area (Å²) in [4.78, 5) is 26.5. The Morgan fingerprint density at radius 1 is 1.04 bits per heavy atom. The average molecular weight is 349 g/mol. The molecule has 2 aromatic carbocycles. The molecular formula is C21H19NO4. The molecule has 0 saturated carbocycles. The van der Waals surface area contributed by atoms with E-state index in [1.807, 2.05) is 36.4 Å². The van der Waals surface area contributed by atoms with E-state index in [9.17, 15) is 19.8 Å². The van der Waals surface area contributed by atoms with Crippen LogP contribution in [0.5, 0.6) is 0 Å². The number of allylic oxidation sites excluding steroid dienone is 1. The number of aliphatic hydroxyl groups excluding tert-OH is 2. The second-order valence-electron chi connectivity index (χ2n) is 5.91. The van der Waals surface area contributed by atoms with Gasteiger partial charge in [0.1, 0.15) is 0 Å². The maximum absolute atomic E-state index is 12.8. The van der Waals surface area contributed by atoms with Crippen molar-refractivity contribution in [3.8, 4) is 0 Å². The van der Waals surface area contributed by atoms with Gasteiger partial charge in [0.2, 0.25) is 0 Å². The quantitative estimate of drug-likeness (QED) is 0.786. The fraction of sp³-hybridized carbons (Fsp3) is 0.143. The number of carbonyl (C=O) groups excluding carboxylic acids is 2. The third kappa shape index (κ3) is 3.43. The summed E-state index contributed by atoms with van der Waals surface area (Å²) in [5, 5.41) is 19.6. The Labute approximate surface area is 151 Å². The van der Waals surface area contributed by atoms with Crippen molar-refractivity contribution in [3.63, 3.8) is 0 Å². The smallest absolute Gasteiger partial charge is 0.290 e. The summed E-state index contributed by atoms with van der Waals surface area (Å²) in [5.41, 5.74) is 1.57. The molecule has 1 aliphatic rings. The molecule has 1 heterocycles. The number of aliphatic hydroxyl groups is 2. The Kier molecular flexibility index (Phi) is 5.29. The molecule has 132 valence electrons. The van der Waals surface area contributed by atoms with E-state index in [0.717, 1.165) is 5.56 Å². The van der Waals surface area contributed by atoms with Crippen LogP contribution in [0, 0.1) is 0 Å². The van der Waals surface area contributed by atoms with E-state index >= 15 is 0 Å². The van der Waals surface area contributed by atoms with Crippen LogP contribution in [0.3, 0.4) is 0 Å². The zero-order valence-corrected chi connectivity index (χ0v) is 14.1. The second kappa shape index (κ2) is 7.80. The molecule has 26 heavy (non-hydrogen) atoms. The number of carbonyl (C=O) groups is 2. The zero-order chi connectivity index (χ0) is 18.5. The summed E-state index contributed by atoms with van der Waals surface area (Å²) in [5.74, 6) is -1.65. The van der Waals surface area contributed by atoms with Crippen LogP contribution in [0.15, 0.2) is 78.1 Å². The van der Waals surface area contributed by atoms with Crippen LogP contribution < -0.4 is 0 Å². The van der Waals surface area contributed by atoms with Crippen molar-refractivity contribution in [1.29, 1.82) is 0 Å². The zero-order valence-electron chi connectivity index (χ0n) is 14.1. The van der Waals surface area contributed by atoms with E-state index in [1.54, 1.807) is 30.3 Å². The first-order chi connectivity index (χ1) is 12.6. The van der Waals surface area contributed by atoms with Crippen molar-refractivity contribution in [2.24, 2.45) is 0 Å². The maximum atomic E-state index is 12.8. The standard InChI is InChI=1S/C21H19NO4/c23-14-13-22-19(16-9-5-2-6-10-16)18(20(25)21(22)26)17(24)12-11-15-7-3-1-4-8-15/h1-12,19,23,25H,13-14H2/b12-11+. The van der Waals surface area contributed by atoms with Gasteiger partial charge in [-0.25, -0.2) is 0 Å². The normalized spacial score (nSPS) is 17.3. The Morgan fingerprint density at radius 2 is 1.65 bits per heavy atom. The molecule has 0 fully saturated rings.